The lowest BCUT2D eigenvalue weighted by atomic mass is 9.99. The van der Waals surface area contributed by atoms with E-state index in [-0.39, 0.29) is 24.3 Å². The van der Waals surface area contributed by atoms with Crippen molar-refractivity contribution in [3.63, 3.8) is 0 Å². The first-order chi connectivity index (χ1) is 30.6. The van der Waals surface area contributed by atoms with Crippen LogP contribution in [0.3, 0.4) is 0 Å². The normalized spacial score (nSPS) is 15.1. The van der Waals surface area contributed by atoms with Crippen molar-refractivity contribution in [2.75, 3.05) is 46.4 Å². The van der Waals surface area contributed by atoms with Gasteiger partial charge in [-0.3, -0.25) is 9.82 Å². The highest BCUT2D eigenvalue weighted by molar-refractivity contribution is 6.05. The number of imidazole rings is 1. The van der Waals surface area contributed by atoms with E-state index in [0.717, 1.165) is 90.7 Å². The molecule has 3 aromatic heterocycles. The molecule has 352 valence electrons. The topological polar surface area (TPSA) is 158 Å². The quantitative estimate of drug-likeness (QED) is 0.0550. The molecule has 0 spiro atoms. The zero-order valence-corrected chi connectivity index (χ0v) is 40.4. The molecule has 2 N–H and O–H groups in total. The average Bonchev–Trinajstić information content (AvgIpc) is 3.95. The second-order valence-electron chi connectivity index (χ2n) is 17.3. The van der Waals surface area contributed by atoms with Gasteiger partial charge in [-0.1, -0.05) is 76.6 Å². The molecule has 5 aromatic rings. The van der Waals surface area contributed by atoms with E-state index in [1.54, 1.807) is 53.0 Å². The Morgan fingerprint density at radius 2 is 1.67 bits per heavy atom. The summed E-state index contributed by atoms with van der Waals surface area (Å²) in [6, 6.07) is 16.5. The van der Waals surface area contributed by atoms with Crippen LogP contribution in [-0.2, 0) is 16.0 Å². The van der Waals surface area contributed by atoms with Crippen molar-refractivity contribution < 1.29 is 38.7 Å². The van der Waals surface area contributed by atoms with E-state index >= 15 is 0 Å². The molecule has 64 heavy (non-hydrogen) atoms. The number of benzene rings is 2. The number of ether oxygens (including phenoxy) is 3. The van der Waals surface area contributed by atoms with Gasteiger partial charge in [0.15, 0.2) is 11.4 Å². The first-order valence-corrected chi connectivity index (χ1v) is 22.2. The van der Waals surface area contributed by atoms with Gasteiger partial charge in [-0.15, -0.1) is 0 Å². The van der Waals surface area contributed by atoms with E-state index < -0.39 is 5.60 Å². The molecule has 1 saturated heterocycles. The number of rotatable bonds is 16. The van der Waals surface area contributed by atoms with Crippen LogP contribution < -0.4 is 14.4 Å². The number of anilines is 1. The van der Waals surface area contributed by atoms with Gasteiger partial charge < -0.3 is 33.5 Å². The highest BCUT2D eigenvalue weighted by Crippen LogP contribution is 2.38. The zero-order chi connectivity index (χ0) is 47.6. The monoisotopic (exact) mass is 887 g/mol. The number of aryl methyl sites for hydroxylation is 2. The first kappa shape index (κ1) is 53.1. The number of carbonyl (C=O) groups excluding carboxylic acids is 1. The number of amides is 1. The minimum atomic E-state index is -0.403. The van der Waals surface area contributed by atoms with Crippen LogP contribution >= 0.6 is 0 Å². The molecule has 0 unspecified atom stereocenters. The third kappa shape index (κ3) is 14.6. The summed E-state index contributed by atoms with van der Waals surface area (Å²) in [5.74, 6) is 2.52. The number of para-hydroxylation sites is 1. The number of aliphatic hydroxyl groups is 1. The van der Waals surface area contributed by atoms with Gasteiger partial charge in [0.1, 0.15) is 28.8 Å². The molecule has 0 saturated carbocycles. The number of aromatic nitrogens is 4. The molecule has 1 fully saturated rings. The van der Waals surface area contributed by atoms with E-state index in [1.165, 1.54) is 0 Å². The number of furan rings is 1. The minimum absolute atomic E-state index is 0.108. The van der Waals surface area contributed by atoms with Crippen LogP contribution in [0, 0.1) is 12.8 Å². The first-order valence-electron chi connectivity index (χ1n) is 22.2. The van der Waals surface area contributed by atoms with Crippen molar-refractivity contribution in [3.8, 4) is 11.8 Å². The van der Waals surface area contributed by atoms with Gasteiger partial charge in [-0.05, 0) is 96.2 Å². The fraction of sp³-hybridized carbons (Fsp3) is 0.520. The van der Waals surface area contributed by atoms with Gasteiger partial charge in [0, 0.05) is 65.2 Å². The van der Waals surface area contributed by atoms with Crippen molar-refractivity contribution in [1.82, 2.24) is 24.4 Å². The Morgan fingerprint density at radius 3 is 2.27 bits per heavy atom. The van der Waals surface area contributed by atoms with Crippen molar-refractivity contribution in [2.45, 2.75) is 124 Å². The Balaban J connectivity index is 0.000000892. The van der Waals surface area contributed by atoms with Gasteiger partial charge in [0.25, 0.3) is 6.01 Å². The molecule has 14 heteroatoms. The maximum absolute atomic E-state index is 12.6. The average molecular weight is 887 g/mol. The number of aliphatic hydroxyl groups excluding tert-OH is 1. The fourth-order valence-electron chi connectivity index (χ4n) is 7.38. The third-order valence-corrected chi connectivity index (χ3v) is 10.6. The molecular weight excluding hydrogens is 813 g/mol. The smallest absolute Gasteiger partial charge is 0.414 e. The standard InChI is InChI=1S/C43H54N6O4.C4H10O2.C2H6O.CH4O/c1-9-17-36(28(4)5)49-35(11-3)34(10-2)44-42(49)51-32-26-30(7)48(27-32)41-40-39(33-18-14-15-19-37(33)53-40)45-38(46-41)20-13-12-16-25-47(8)43(50)52-31-23-21-29(6)22-24-31;1-4(2,3)6-5;1-3-2;1-2/h10-11,14-15,18-19,21-24,28,30,32,36H,2-3,9,12-13,16-17,20,25-27H2,1,4-8H3;5H,1-3H3;1-2H3;2H,1H3/t30-,32+,36+;;;/m1.../s1. The Hall–Kier alpha value is -5.28. The maximum atomic E-state index is 12.6. The van der Waals surface area contributed by atoms with Crippen LogP contribution in [0.25, 0.3) is 34.2 Å². The van der Waals surface area contributed by atoms with Crippen LogP contribution in [-0.4, -0.2) is 100 Å². The molecule has 3 atom stereocenters. The largest absolute Gasteiger partial charge is 0.459 e. The highest BCUT2D eigenvalue weighted by Gasteiger charge is 2.36. The van der Waals surface area contributed by atoms with E-state index in [2.05, 4.69) is 66.0 Å². The number of hydrogen-bond acceptors (Lipinski definition) is 12. The predicted octanol–water partition coefficient (Wildman–Crippen LogP) is 11.2. The summed E-state index contributed by atoms with van der Waals surface area (Å²) in [7, 11) is 6.02. The van der Waals surface area contributed by atoms with Crippen molar-refractivity contribution >= 4 is 46.1 Å². The van der Waals surface area contributed by atoms with Crippen LogP contribution in [0.4, 0.5) is 10.6 Å². The van der Waals surface area contributed by atoms with E-state index in [1.807, 2.05) is 55.5 Å². The Labute approximate surface area is 380 Å². The van der Waals surface area contributed by atoms with Crippen molar-refractivity contribution in [3.05, 3.63) is 84.5 Å². The molecule has 0 aliphatic carbocycles. The van der Waals surface area contributed by atoms with Crippen molar-refractivity contribution in [2.24, 2.45) is 5.92 Å². The molecule has 0 radical (unpaired) electrons. The summed E-state index contributed by atoms with van der Waals surface area (Å²) < 4.78 is 25.3. The number of methoxy groups -OCH3 is 1. The van der Waals surface area contributed by atoms with Gasteiger partial charge >= 0.3 is 6.09 Å². The van der Waals surface area contributed by atoms with E-state index in [9.17, 15) is 4.79 Å². The van der Waals surface area contributed by atoms with Gasteiger partial charge in [0.05, 0.1) is 23.5 Å². The molecule has 2 aromatic carbocycles. The lowest BCUT2D eigenvalue weighted by Crippen LogP contribution is -2.30. The molecule has 0 bridgehead atoms. The predicted molar refractivity (Wildman–Crippen MR) is 258 cm³/mol. The molecule has 6 rings (SSSR count). The van der Waals surface area contributed by atoms with Gasteiger partial charge in [-0.25, -0.2) is 19.7 Å². The number of carbonyl (C=O) groups is 1. The van der Waals surface area contributed by atoms with Crippen LogP contribution in [0.5, 0.6) is 11.8 Å². The van der Waals surface area contributed by atoms with Crippen molar-refractivity contribution in [1.29, 1.82) is 0 Å². The van der Waals surface area contributed by atoms with E-state index in [0.29, 0.717) is 42.8 Å². The Morgan fingerprint density at radius 1 is 1.02 bits per heavy atom. The summed E-state index contributed by atoms with van der Waals surface area (Å²) in [5.41, 5.74) is 4.78. The maximum Gasteiger partial charge on any atom is 0.414 e. The lowest BCUT2D eigenvalue weighted by molar-refractivity contribution is -0.306. The second-order valence-corrected chi connectivity index (χ2v) is 17.3. The number of nitrogens with zero attached hydrogens (tertiary/aromatic N) is 6. The second kappa shape index (κ2) is 25.9. The summed E-state index contributed by atoms with van der Waals surface area (Å²) in [6.07, 6.45) is 9.43. The van der Waals surface area contributed by atoms with Gasteiger partial charge in [-0.2, -0.15) is 4.98 Å². The van der Waals surface area contributed by atoms with Crippen LogP contribution in [0.15, 0.2) is 66.1 Å². The van der Waals surface area contributed by atoms with Crippen LogP contribution in [0.2, 0.25) is 0 Å². The Kier molecular flexibility index (Phi) is 21.4. The summed E-state index contributed by atoms with van der Waals surface area (Å²) in [6.45, 7) is 25.6. The summed E-state index contributed by atoms with van der Waals surface area (Å²) >= 11 is 0. The Bertz CT molecular complexity index is 2190. The zero-order valence-electron chi connectivity index (χ0n) is 40.4. The minimum Gasteiger partial charge on any atom is -0.459 e. The molecule has 4 heterocycles. The van der Waals surface area contributed by atoms with Crippen LogP contribution in [0.1, 0.15) is 116 Å². The number of unbranched alkanes of at least 4 members (excludes halogenated alkanes) is 2. The number of hydrogen-bond donors (Lipinski definition) is 2. The third-order valence-electron chi connectivity index (χ3n) is 10.6. The SMILES string of the molecule is C=Cc1nc(O[C@H]2C[C@@H](C)N(c3nc(CCCCCN(C)C(=O)Oc4ccc(C)cc4)nc4c3oc3ccccc34)C2)n([C@@H](CCC)C(C)C)c1C=C.CC(C)(C)OO.CO.COC. The lowest BCUT2D eigenvalue weighted by Gasteiger charge is -2.26. The molecule has 1 amide bonds. The molecular formula is C50H74N6O8. The number of fused-ring (bicyclic) bond motifs is 3. The molecule has 1 aliphatic rings. The van der Waals surface area contributed by atoms with E-state index in [4.69, 9.17) is 39.2 Å². The fourth-order valence-corrected chi connectivity index (χ4v) is 7.38. The molecule has 1 aliphatic heterocycles. The summed E-state index contributed by atoms with van der Waals surface area (Å²) in [5, 5.41) is 15.9. The van der Waals surface area contributed by atoms with Gasteiger partial charge in [0.2, 0.25) is 0 Å². The summed E-state index contributed by atoms with van der Waals surface area (Å²) in [4.78, 5) is 35.6. The molecule has 14 nitrogen and oxygen atoms in total. The highest BCUT2D eigenvalue weighted by atomic mass is 17.1.